The fourth-order valence-corrected chi connectivity index (χ4v) is 3.91. The summed E-state index contributed by atoms with van der Waals surface area (Å²) in [6.07, 6.45) is 2.03. The van der Waals surface area contributed by atoms with Crippen LogP contribution in [0.25, 0.3) is 0 Å². The Labute approximate surface area is 215 Å². The third-order valence-electron chi connectivity index (χ3n) is 5.82. The molecule has 4 rings (SSSR count). The molecule has 1 aliphatic rings. The minimum atomic E-state index is -0.581. The van der Waals surface area contributed by atoms with Crippen LogP contribution in [-0.2, 0) is 4.79 Å². The van der Waals surface area contributed by atoms with Gasteiger partial charge in [0, 0.05) is 11.6 Å². The van der Waals surface area contributed by atoms with E-state index in [1.165, 1.54) is 0 Å². The number of carbonyl (C=O) groups is 1. The van der Waals surface area contributed by atoms with E-state index in [2.05, 4.69) is 13.0 Å². The number of esters is 1. The Hall–Kier alpha value is -4.64. The van der Waals surface area contributed by atoms with Gasteiger partial charge in [0.2, 0.25) is 5.88 Å². The largest absolute Gasteiger partial charge is 0.497 e. The van der Waals surface area contributed by atoms with Crippen molar-refractivity contribution in [1.82, 2.24) is 0 Å². The van der Waals surface area contributed by atoms with E-state index in [4.69, 9.17) is 29.4 Å². The number of unbranched alkanes of at least 4 members (excludes halogenated alkanes) is 1. The van der Waals surface area contributed by atoms with E-state index in [0.717, 1.165) is 29.7 Å². The number of hydrogen-bond donors (Lipinski definition) is 1. The first-order chi connectivity index (χ1) is 18.0. The van der Waals surface area contributed by atoms with Crippen molar-refractivity contribution in [2.75, 3.05) is 20.3 Å². The van der Waals surface area contributed by atoms with Gasteiger partial charge in [-0.05, 0) is 54.4 Å². The molecule has 1 heterocycles. The zero-order chi connectivity index (χ0) is 26.2. The van der Waals surface area contributed by atoms with Crippen molar-refractivity contribution in [2.24, 2.45) is 5.73 Å². The molecule has 8 heteroatoms. The van der Waals surface area contributed by atoms with E-state index in [9.17, 15) is 10.1 Å². The average molecular weight is 501 g/mol. The van der Waals surface area contributed by atoms with E-state index in [0.29, 0.717) is 29.4 Å². The molecule has 2 N–H and O–H groups in total. The number of ether oxygens (including phenoxy) is 5. The predicted molar refractivity (Wildman–Crippen MR) is 137 cm³/mol. The Kier molecular flexibility index (Phi) is 8.16. The monoisotopic (exact) mass is 500 g/mol. The molecule has 0 aromatic heterocycles. The summed E-state index contributed by atoms with van der Waals surface area (Å²) < 4.78 is 27.5. The summed E-state index contributed by atoms with van der Waals surface area (Å²) in [5.41, 5.74) is 8.01. The van der Waals surface area contributed by atoms with Crippen LogP contribution in [0.4, 0.5) is 0 Å². The van der Waals surface area contributed by atoms with Gasteiger partial charge in [0.25, 0.3) is 0 Å². The molecular weight excluding hydrogens is 472 g/mol. The van der Waals surface area contributed by atoms with Crippen LogP contribution in [0.15, 0.2) is 78.2 Å². The van der Waals surface area contributed by atoms with Gasteiger partial charge >= 0.3 is 5.97 Å². The van der Waals surface area contributed by atoms with Crippen LogP contribution >= 0.6 is 0 Å². The maximum atomic E-state index is 12.4. The molecule has 37 heavy (non-hydrogen) atoms. The van der Waals surface area contributed by atoms with E-state index in [1.807, 2.05) is 24.3 Å². The molecule has 0 fully saturated rings. The van der Waals surface area contributed by atoms with Gasteiger partial charge in [-0.1, -0.05) is 31.5 Å². The number of nitrogens with two attached hydrogens (primary N) is 1. The van der Waals surface area contributed by atoms with Crippen LogP contribution < -0.4 is 29.4 Å². The summed E-state index contributed by atoms with van der Waals surface area (Å²) in [5.74, 6) is 1.64. The first-order valence-corrected chi connectivity index (χ1v) is 11.9. The second kappa shape index (κ2) is 11.9. The molecule has 190 valence electrons. The summed E-state index contributed by atoms with van der Waals surface area (Å²) in [6.45, 7) is 2.48. The molecule has 0 radical (unpaired) electrons. The standard InChI is InChI=1S/C29H28N2O6/c1-3-4-15-34-21-7-5-19(6-8-21)28-24-14-13-23(16-26(24)37-29(31)25(28)17-30)36-27(32)18-35-22-11-9-20(33-2)10-12-22/h5-14,16,28H,3-4,15,18,31H2,1-2H3. The van der Waals surface area contributed by atoms with Crippen molar-refractivity contribution in [3.63, 3.8) is 0 Å². The number of methoxy groups -OCH3 is 1. The zero-order valence-corrected chi connectivity index (χ0v) is 20.7. The van der Waals surface area contributed by atoms with Crippen molar-refractivity contribution < 1.29 is 28.5 Å². The van der Waals surface area contributed by atoms with Crippen molar-refractivity contribution >= 4 is 5.97 Å². The van der Waals surface area contributed by atoms with E-state index in [1.54, 1.807) is 49.6 Å². The summed E-state index contributed by atoms with van der Waals surface area (Å²) in [6, 6.07) is 21.6. The Bertz CT molecular complexity index is 1310. The van der Waals surface area contributed by atoms with Gasteiger partial charge in [0.15, 0.2) is 6.61 Å². The normalized spacial score (nSPS) is 14.1. The highest BCUT2D eigenvalue weighted by Gasteiger charge is 2.31. The number of nitrogens with zero attached hydrogens (tertiary/aromatic N) is 1. The Morgan fingerprint density at radius 3 is 2.30 bits per heavy atom. The lowest BCUT2D eigenvalue weighted by molar-refractivity contribution is -0.136. The van der Waals surface area contributed by atoms with Crippen LogP contribution in [0.3, 0.4) is 0 Å². The summed E-state index contributed by atoms with van der Waals surface area (Å²) >= 11 is 0. The molecule has 8 nitrogen and oxygen atoms in total. The van der Waals surface area contributed by atoms with Crippen LogP contribution in [-0.4, -0.2) is 26.3 Å². The number of rotatable bonds is 10. The third kappa shape index (κ3) is 6.14. The number of carbonyl (C=O) groups excluding carboxylic acids is 1. The number of fused-ring (bicyclic) bond motifs is 1. The number of nitriles is 1. The summed E-state index contributed by atoms with van der Waals surface area (Å²) in [7, 11) is 1.57. The van der Waals surface area contributed by atoms with E-state index < -0.39 is 11.9 Å². The minimum absolute atomic E-state index is 0.00888. The van der Waals surface area contributed by atoms with Crippen LogP contribution in [0.1, 0.15) is 36.8 Å². The minimum Gasteiger partial charge on any atom is -0.497 e. The second-order valence-corrected chi connectivity index (χ2v) is 8.33. The van der Waals surface area contributed by atoms with Gasteiger partial charge in [-0.3, -0.25) is 0 Å². The molecule has 3 aromatic rings. The van der Waals surface area contributed by atoms with Crippen molar-refractivity contribution in [1.29, 1.82) is 5.26 Å². The Balaban J connectivity index is 1.48. The number of hydrogen-bond acceptors (Lipinski definition) is 8. The van der Waals surface area contributed by atoms with Crippen LogP contribution in [0, 0.1) is 11.3 Å². The lowest BCUT2D eigenvalue weighted by Crippen LogP contribution is -2.21. The van der Waals surface area contributed by atoms with Crippen LogP contribution in [0.2, 0.25) is 0 Å². The van der Waals surface area contributed by atoms with Gasteiger partial charge < -0.3 is 29.4 Å². The molecule has 0 amide bonds. The highest BCUT2D eigenvalue weighted by molar-refractivity contribution is 5.74. The van der Waals surface area contributed by atoms with Crippen LogP contribution in [0.5, 0.6) is 28.7 Å². The first kappa shape index (κ1) is 25.5. The van der Waals surface area contributed by atoms with Gasteiger partial charge in [0.1, 0.15) is 40.4 Å². The molecule has 1 unspecified atom stereocenters. The first-order valence-electron chi connectivity index (χ1n) is 11.9. The smallest absolute Gasteiger partial charge is 0.349 e. The molecular formula is C29H28N2O6. The van der Waals surface area contributed by atoms with Crippen molar-refractivity contribution in [2.45, 2.75) is 25.7 Å². The van der Waals surface area contributed by atoms with E-state index >= 15 is 0 Å². The fourth-order valence-electron chi connectivity index (χ4n) is 3.91. The van der Waals surface area contributed by atoms with Gasteiger partial charge in [0.05, 0.1) is 19.6 Å². The Morgan fingerprint density at radius 2 is 1.62 bits per heavy atom. The molecule has 0 saturated carbocycles. The summed E-state index contributed by atoms with van der Waals surface area (Å²) in [5, 5.41) is 9.79. The molecule has 1 aliphatic heterocycles. The fraction of sp³-hybridized carbons (Fsp3) is 0.241. The number of allylic oxidation sites excluding steroid dienone is 1. The molecule has 0 aliphatic carbocycles. The Morgan fingerprint density at radius 1 is 0.973 bits per heavy atom. The van der Waals surface area contributed by atoms with Crippen molar-refractivity contribution in [3.8, 4) is 34.8 Å². The number of benzene rings is 3. The maximum Gasteiger partial charge on any atom is 0.349 e. The zero-order valence-electron chi connectivity index (χ0n) is 20.7. The molecule has 0 saturated heterocycles. The molecule has 1 atom stereocenters. The highest BCUT2D eigenvalue weighted by atomic mass is 16.6. The predicted octanol–water partition coefficient (Wildman–Crippen LogP) is 5.08. The van der Waals surface area contributed by atoms with Crippen molar-refractivity contribution in [3.05, 3.63) is 89.3 Å². The van der Waals surface area contributed by atoms with Gasteiger partial charge in [-0.25, -0.2) is 4.79 Å². The SMILES string of the molecule is CCCCOc1ccc(C2C(C#N)=C(N)Oc3cc(OC(=O)COc4ccc(OC)cc4)ccc32)cc1. The lowest BCUT2D eigenvalue weighted by atomic mass is 9.83. The van der Waals surface area contributed by atoms with E-state index in [-0.39, 0.29) is 18.2 Å². The topological polar surface area (TPSA) is 113 Å². The second-order valence-electron chi connectivity index (χ2n) is 8.33. The quantitative estimate of drug-likeness (QED) is 0.233. The summed E-state index contributed by atoms with van der Waals surface area (Å²) in [4.78, 5) is 12.4. The lowest BCUT2D eigenvalue weighted by Gasteiger charge is -2.26. The van der Waals surface area contributed by atoms with Gasteiger partial charge in [-0.15, -0.1) is 0 Å². The molecule has 0 bridgehead atoms. The molecule has 3 aromatic carbocycles. The maximum absolute atomic E-state index is 12.4. The third-order valence-corrected chi connectivity index (χ3v) is 5.82. The molecule has 0 spiro atoms. The highest BCUT2D eigenvalue weighted by Crippen LogP contribution is 2.43. The average Bonchev–Trinajstić information content (AvgIpc) is 2.92. The van der Waals surface area contributed by atoms with Gasteiger partial charge in [-0.2, -0.15) is 5.26 Å².